The third kappa shape index (κ3) is 2.97. The van der Waals surface area contributed by atoms with Crippen LogP contribution >= 0.6 is 15.9 Å². The third-order valence-electron chi connectivity index (χ3n) is 2.49. The Bertz CT molecular complexity index is 752. The molecule has 0 radical (unpaired) electrons. The van der Waals surface area contributed by atoms with Crippen LogP contribution in [0.15, 0.2) is 33.7 Å². The number of nitrogens with zero attached hydrogens (tertiary/aromatic N) is 2. The molecule has 0 spiro atoms. The molecular weight excluding hydrogens is 320 g/mol. The molecule has 5 nitrogen and oxygen atoms in total. The zero-order chi connectivity index (χ0) is 13.3. The van der Waals surface area contributed by atoms with Gasteiger partial charge in [-0.15, -0.1) is 0 Å². The number of benzene rings is 1. The highest BCUT2D eigenvalue weighted by molar-refractivity contribution is 9.10. The number of hydrogen-bond acceptors (Lipinski definition) is 4. The maximum absolute atomic E-state index is 12.0. The van der Waals surface area contributed by atoms with Crippen molar-refractivity contribution in [2.75, 3.05) is 12.0 Å². The highest BCUT2D eigenvalue weighted by atomic mass is 79.9. The van der Waals surface area contributed by atoms with Crippen molar-refractivity contribution in [1.29, 1.82) is 0 Å². The molecular formula is C11H11BrN2O3S. The van der Waals surface area contributed by atoms with Gasteiger partial charge in [-0.2, -0.15) is 5.10 Å². The molecule has 0 unspecified atom stereocenters. The summed E-state index contributed by atoms with van der Waals surface area (Å²) in [7, 11) is -3.11. The Morgan fingerprint density at radius 1 is 1.39 bits per heavy atom. The SMILES string of the molecule is CS(=O)(=O)CCn1ncc2cc(Br)ccc2c1=O. The molecule has 18 heavy (non-hydrogen) atoms. The van der Waals surface area contributed by atoms with E-state index in [0.29, 0.717) is 5.39 Å². The molecule has 1 aromatic heterocycles. The average molecular weight is 331 g/mol. The van der Waals surface area contributed by atoms with Crippen molar-refractivity contribution >= 4 is 36.5 Å². The first-order chi connectivity index (χ1) is 8.37. The fourth-order valence-electron chi connectivity index (χ4n) is 1.57. The van der Waals surface area contributed by atoms with Gasteiger partial charge in [0.2, 0.25) is 0 Å². The van der Waals surface area contributed by atoms with Crippen LogP contribution in [0.4, 0.5) is 0 Å². The molecule has 2 rings (SSSR count). The monoisotopic (exact) mass is 330 g/mol. The second-order valence-corrected chi connectivity index (χ2v) is 7.21. The standard InChI is InChI=1S/C11H11BrN2O3S/c1-18(16,17)5-4-14-11(15)10-3-2-9(12)6-8(10)7-13-14/h2-3,6-7H,4-5H2,1H3. The van der Waals surface area contributed by atoms with Gasteiger partial charge in [-0.3, -0.25) is 4.79 Å². The fraction of sp³-hybridized carbons (Fsp3) is 0.273. The zero-order valence-electron chi connectivity index (χ0n) is 9.63. The number of sulfone groups is 1. The van der Waals surface area contributed by atoms with E-state index in [0.717, 1.165) is 16.1 Å². The minimum atomic E-state index is -3.11. The van der Waals surface area contributed by atoms with Crippen molar-refractivity contribution in [1.82, 2.24) is 9.78 Å². The Kier molecular flexibility index (Phi) is 3.54. The number of rotatable bonds is 3. The Balaban J connectivity index is 2.46. The van der Waals surface area contributed by atoms with Crippen molar-refractivity contribution in [3.8, 4) is 0 Å². The summed E-state index contributed by atoms with van der Waals surface area (Å²) in [6, 6.07) is 5.26. The van der Waals surface area contributed by atoms with Crippen molar-refractivity contribution < 1.29 is 8.42 Å². The number of aromatic nitrogens is 2. The maximum Gasteiger partial charge on any atom is 0.274 e. The molecule has 0 saturated carbocycles. The van der Waals surface area contributed by atoms with Gasteiger partial charge in [0.25, 0.3) is 5.56 Å². The Hall–Kier alpha value is -1.21. The van der Waals surface area contributed by atoms with Crippen LogP contribution < -0.4 is 5.56 Å². The van der Waals surface area contributed by atoms with Gasteiger partial charge in [-0.1, -0.05) is 15.9 Å². The minimum absolute atomic E-state index is 0.0731. The molecule has 0 saturated heterocycles. The van der Waals surface area contributed by atoms with E-state index in [1.807, 2.05) is 0 Å². The molecule has 0 N–H and O–H groups in total. The van der Waals surface area contributed by atoms with E-state index >= 15 is 0 Å². The normalized spacial score (nSPS) is 11.9. The number of halogens is 1. The summed E-state index contributed by atoms with van der Waals surface area (Å²) in [5, 5.41) is 5.23. The molecule has 0 aliphatic carbocycles. The first-order valence-electron chi connectivity index (χ1n) is 5.20. The predicted octanol–water partition coefficient (Wildman–Crippen LogP) is 1.20. The molecule has 2 aromatic rings. The van der Waals surface area contributed by atoms with Gasteiger partial charge in [-0.25, -0.2) is 13.1 Å². The lowest BCUT2D eigenvalue weighted by molar-refractivity contribution is 0.578. The summed E-state index contributed by atoms with van der Waals surface area (Å²) in [6.45, 7) is 0.0731. The predicted molar refractivity (Wildman–Crippen MR) is 73.4 cm³/mol. The average Bonchev–Trinajstić information content (AvgIpc) is 2.26. The Labute approximate surface area is 112 Å². The van der Waals surface area contributed by atoms with Crippen LogP contribution in [0.5, 0.6) is 0 Å². The van der Waals surface area contributed by atoms with Gasteiger partial charge < -0.3 is 0 Å². The quantitative estimate of drug-likeness (QED) is 0.848. The molecule has 0 amide bonds. The van der Waals surface area contributed by atoms with Crippen LogP contribution in [0.2, 0.25) is 0 Å². The zero-order valence-corrected chi connectivity index (χ0v) is 12.0. The van der Waals surface area contributed by atoms with Crippen LogP contribution in [-0.4, -0.2) is 30.2 Å². The molecule has 7 heteroatoms. The van der Waals surface area contributed by atoms with Gasteiger partial charge in [0.15, 0.2) is 0 Å². The first kappa shape index (κ1) is 13.2. The van der Waals surface area contributed by atoms with Gasteiger partial charge >= 0.3 is 0 Å². The minimum Gasteiger partial charge on any atom is -0.267 e. The Morgan fingerprint density at radius 3 is 2.78 bits per heavy atom. The molecule has 1 heterocycles. The fourth-order valence-corrected chi connectivity index (χ4v) is 2.45. The van der Waals surface area contributed by atoms with Crippen LogP contribution in [0, 0.1) is 0 Å². The summed E-state index contributed by atoms with van der Waals surface area (Å²) in [5.74, 6) is -0.0953. The number of hydrogen-bond donors (Lipinski definition) is 0. The lowest BCUT2D eigenvalue weighted by atomic mass is 10.2. The second-order valence-electron chi connectivity index (χ2n) is 4.03. The van der Waals surface area contributed by atoms with E-state index in [2.05, 4.69) is 21.0 Å². The number of fused-ring (bicyclic) bond motifs is 1. The van der Waals surface area contributed by atoms with Gasteiger partial charge in [-0.05, 0) is 18.2 Å². The first-order valence-corrected chi connectivity index (χ1v) is 8.05. The smallest absolute Gasteiger partial charge is 0.267 e. The Morgan fingerprint density at radius 2 is 2.11 bits per heavy atom. The molecule has 1 aromatic carbocycles. The van der Waals surface area contributed by atoms with Crippen LogP contribution in [0.1, 0.15) is 0 Å². The lowest BCUT2D eigenvalue weighted by Gasteiger charge is -2.05. The highest BCUT2D eigenvalue weighted by Crippen LogP contribution is 2.15. The lowest BCUT2D eigenvalue weighted by Crippen LogP contribution is -2.26. The maximum atomic E-state index is 12.0. The van der Waals surface area contributed by atoms with Crippen molar-refractivity contribution in [3.63, 3.8) is 0 Å². The second kappa shape index (κ2) is 4.81. The van der Waals surface area contributed by atoms with E-state index in [4.69, 9.17) is 0 Å². The summed E-state index contributed by atoms with van der Waals surface area (Å²) in [6.07, 6.45) is 2.69. The van der Waals surface area contributed by atoms with Crippen molar-refractivity contribution in [2.45, 2.75) is 6.54 Å². The van der Waals surface area contributed by atoms with Crippen LogP contribution in [0.3, 0.4) is 0 Å². The van der Waals surface area contributed by atoms with Crippen molar-refractivity contribution in [2.24, 2.45) is 0 Å². The summed E-state index contributed by atoms with van der Waals surface area (Å²) >= 11 is 3.32. The van der Waals surface area contributed by atoms with E-state index in [9.17, 15) is 13.2 Å². The van der Waals surface area contributed by atoms with Gasteiger partial charge in [0, 0.05) is 16.1 Å². The summed E-state index contributed by atoms with van der Waals surface area (Å²) < 4.78 is 24.2. The molecule has 0 aliphatic rings. The van der Waals surface area contributed by atoms with E-state index in [1.165, 1.54) is 4.68 Å². The number of aryl methyl sites for hydroxylation is 1. The molecule has 0 fully saturated rings. The van der Waals surface area contributed by atoms with E-state index in [-0.39, 0.29) is 17.9 Å². The summed E-state index contributed by atoms with van der Waals surface area (Å²) in [5.41, 5.74) is -0.274. The third-order valence-corrected chi connectivity index (χ3v) is 3.91. The van der Waals surface area contributed by atoms with Crippen LogP contribution in [0.25, 0.3) is 10.8 Å². The topological polar surface area (TPSA) is 69.0 Å². The van der Waals surface area contributed by atoms with E-state index < -0.39 is 9.84 Å². The largest absolute Gasteiger partial charge is 0.274 e. The highest BCUT2D eigenvalue weighted by Gasteiger charge is 2.07. The van der Waals surface area contributed by atoms with E-state index in [1.54, 1.807) is 24.4 Å². The van der Waals surface area contributed by atoms with Crippen LogP contribution in [-0.2, 0) is 16.4 Å². The van der Waals surface area contributed by atoms with Crippen molar-refractivity contribution in [3.05, 3.63) is 39.2 Å². The molecule has 96 valence electrons. The summed E-state index contributed by atoms with van der Waals surface area (Å²) in [4.78, 5) is 12.0. The van der Waals surface area contributed by atoms with Gasteiger partial charge in [0.05, 0.1) is 23.9 Å². The molecule has 0 aliphatic heterocycles. The van der Waals surface area contributed by atoms with Gasteiger partial charge in [0.1, 0.15) is 9.84 Å². The molecule has 0 bridgehead atoms. The molecule has 0 atom stereocenters.